The highest BCUT2D eigenvalue weighted by Crippen LogP contribution is 2.33. The summed E-state index contributed by atoms with van der Waals surface area (Å²) in [5.41, 5.74) is 3.41. The largest absolute Gasteiger partial charge is 0.478 e. The van der Waals surface area contributed by atoms with Crippen molar-refractivity contribution in [3.63, 3.8) is 0 Å². The molecule has 238 valence electrons. The Morgan fingerprint density at radius 3 is 2.40 bits per heavy atom. The van der Waals surface area contributed by atoms with E-state index >= 15 is 0 Å². The number of carbonyl (C=O) groups excluding carboxylic acids is 1. The van der Waals surface area contributed by atoms with Gasteiger partial charge in [-0.05, 0) is 87.1 Å². The lowest BCUT2D eigenvalue weighted by Crippen LogP contribution is -2.53. The summed E-state index contributed by atoms with van der Waals surface area (Å²) in [5.74, 6) is -5.01. The number of carboxylic acid groups (broad SMARTS) is 1. The maximum atomic E-state index is 14.9. The molecule has 45 heavy (non-hydrogen) atoms. The number of ether oxygens (including phenoxy) is 1. The molecule has 2 heterocycles. The van der Waals surface area contributed by atoms with E-state index in [2.05, 4.69) is 4.90 Å². The maximum absolute atomic E-state index is 14.9. The number of halogens is 3. The average molecular weight is 623 g/mol. The number of hydrazone groups is 1. The van der Waals surface area contributed by atoms with Crippen molar-refractivity contribution in [1.29, 1.82) is 0 Å². The number of nitrogens with zero attached hydrogens (tertiary/aromatic N) is 4. The quantitative estimate of drug-likeness (QED) is 0.228. The topological polar surface area (TPSA) is 85.7 Å². The summed E-state index contributed by atoms with van der Waals surface area (Å²) >= 11 is 0. The van der Waals surface area contributed by atoms with Crippen molar-refractivity contribution in [2.24, 2.45) is 11.0 Å². The molecule has 1 amide bonds. The number of carboxylic acids is 1. The molecule has 2 aliphatic rings. The number of benzene rings is 3. The molecule has 1 fully saturated rings. The van der Waals surface area contributed by atoms with Gasteiger partial charge in [-0.1, -0.05) is 17.7 Å². The fraction of sp³-hybridized carbons (Fsp3) is 0.382. The van der Waals surface area contributed by atoms with Crippen LogP contribution in [0.2, 0.25) is 0 Å². The van der Waals surface area contributed by atoms with Gasteiger partial charge in [0.05, 0.1) is 29.1 Å². The summed E-state index contributed by atoms with van der Waals surface area (Å²) in [6.45, 7) is 6.90. The van der Waals surface area contributed by atoms with Crippen LogP contribution in [0.15, 0.2) is 59.7 Å². The molecule has 0 aromatic heterocycles. The SMILES string of the molecule is COC1(CN(C=O)c2ccc(C(=O)O)cc2)CCN(CC2CC(c3ccc(F)c(F)c3F)=NN(c3ccc(C)cc3C)C2)CC1. The Balaban J connectivity index is 1.31. The second-order valence-electron chi connectivity index (χ2n) is 12.0. The molecule has 11 heteroatoms. The molecule has 0 saturated carbocycles. The van der Waals surface area contributed by atoms with E-state index in [1.165, 1.54) is 23.1 Å². The highest BCUT2D eigenvalue weighted by atomic mass is 19.2. The monoisotopic (exact) mass is 622 g/mol. The number of hydrogen-bond donors (Lipinski definition) is 1. The standard InChI is InChI=1S/C34H37F3N4O4/c1-22-4-11-30(23(2)16-22)41-19-24(17-29(38-41)27-9-10-28(35)32(37)31(27)36)18-39-14-12-34(45-3,13-15-39)20-40(21-42)26-7-5-25(6-8-26)33(43)44/h4-11,16,21,24H,12-15,17-20H2,1-3H3,(H,43,44). The van der Waals surface area contributed by atoms with E-state index in [0.717, 1.165) is 29.3 Å². The van der Waals surface area contributed by atoms with Gasteiger partial charge in [-0.25, -0.2) is 18.0 Å². The van der Waals surface area contributed by atoms with Crippen LogP contribution in [0.4, 0.5) is 24.5 Å². The number of amides is 1. The Hall–Kier alpha value is -4.22. The van der Waals surface area contributed by atoms with Crippen LogP contribution in [-0.2, 0) is 9.53 Å². The molecule has 5 rings (SSSR count). The van der Waals surface area contributed by atoms with Crippen LogP contribution in [0.5, 0.6) is 0 Å². The number of piperidine rings is 1. The lowest BCUT2D eigenvalue weighted by molar-refractivity contribution is -0.109. The molecule has 1 saturated heterocycles. The highest BCUT2D eigenvalue weighted by Gasteiger charge is 2.38. The van der Waals surface area contributed by atoms with Gasteiger partial charge < -0.3 is 19.6 Å². The summed E-state index contributed by atoms with van der Waals surface area (Å²) in [6, 6.07) is 14.3. The van der Waals surface area contributed by atoms with Crippen LogP contribution in [0.1, 0.15) is 46.3 Å². The third-order valence-electron chi connectivity index (χ3n) is 8.88. The molecule has 3 aromatic carbocycles. The molecule has 1 unspecified atom stereocenters. The number of carbonyl (C=O) groups is 2. The molecular weight excluding hydrogens is 585 g/mol. The van der Waals surface area contributed by atoms with E-state index in [1.54, 1.807) is 19.2 Å². The zero-order valence-corrected chi connectivity index (χ0v) is 25.6. The molecular formula is C34H37F3N4O4. The van der Waals surface area contributed by atoms with E-state index in [9.17, 15) is 27.9 Å². The molecule has 1 atom stereocenters. The lowest BCUT2D eigenvalue weighted by Gasteiger charge is -2.44. The van der Waals surface area contributed by atoms with Crippen molar-refractivity contribution in [2.45, 2.75) is 38.7 Å². The summed E-state index contributed by atoms with van der Waals surface area (Å²) in [4.78, 5) is 27.1. The summed E-state index contributed by atoms with van der Waals surface area (Å²) < 4.78 is 48.9. The van der Waals surface area contributed by atoms with Gasteiger partial charge >= 0.3 is 5.97 Å². The van der Waals surface area contributed by atoms with Crippen LogP contribution in [0, 0.1) is 37.2 Å². The first kappa shape index (κ1) is 32.2. The van der Waals surface area contributed by atoms with Gasteiger partial charge in [0.2, 0.25) is 6.41 Å². The van der Waals surface area contributed by atoms with Gasteiger partial charge in [-0.3, -0.25) is 9.80 Å². The van der Waals surface area contributed by atoms with Crippen molar-refractivity contribution in [3.05, 3.63) is 94.3 Å². The second-order valence-corrected chi connectivity index (χ2v) is 12.0. The summed E-state index contributed by atoms with van der Waals surface area (Å²) in [6.07, 6.45) is 2.41. The molecule has 0 radical (unpaired) electrons. The van der Waals surface area contributed by atoms with Gasteiger partial charge in [-0.2, -0.15) is 5.10 Å². The Morgan fingerprint density at radius 1 is 1.07 bits per heavy atom. The van der Waals surface area contributed by atoms with E-state index in [0.29, 0.717) is 63.4 Å². The van der Waals surface area contributed by atoms with Gasteiger partial charge in [-0.15, -0.1) is 0 Å². The molecule has 0 bridgehead atoms. The fourth-order valence-electron chi connectivity index (χ4n) is 6.32. The zero-order chi connectivity index (χ0) is 32.3. The first-order valence-electron chi connectivity index (χ1n) is 14.9. The van der Waals surface area contributed by atoms with Crippen LogP contribution in [0.3, 0.4) is 0 Å². The Bertz CT molecular complexity index is 1590. The third kappa shape index (κ3) is 7.04. The molecule has 8 nitrogen and oxygen atoms in total. The minimum absolute atomic E-state index is 0.0139. The smallest absolute Gasteiger partial charge is 0.335 e. The predicted molar refractivity (Wildman–Crippen MR) is 166 cm³/mol. The molecule has 0 aliphatic carbocycles. The first-order chi connectivity index (χ1) is 21.5. The number of anilines is 2. The van der Waals surface area contributed by atoms with Crippen molar-refractivity contribution < 1.29 is 32.6 Å². The van der Waals surface area contributed by atoms with Gasteiger partial charge in [0, 0.05) is 44.5 Å². The third-order valence-corrected chi connectivity index (χ3v) is 8.88. The molecule has 2 aliphatic heterocycles. The number of methoxy groups -OCH3 is 1. The molecule has 0 spiro atoms. The molecule has 3 aromatic rings. The minimum atomic E-state index is -1.51. The predicted octanol–water partition coefficient (Wildman–Crippen LogP) is 5.79. The van der Waals surface area contributed by atoms with Crippen LogP contribution >= 0.6 is 0 Å². The number of aryl methyl sites for hydroxylation is 2. The van der Waals surface area contributed by atoms with E-state index < -0.39 is 29.0 Å². The van der Waals surface area contributed by atoms with Gasteiger partial charge in [0.25, 0.3) is 0 Å². The highest BCUT2D eigenvalue weighted by molar-refractivity contribution is 6.02. The number of hydrogen-bond acceptors (Lipinski definition) is 6. The maximum Gasteiger partial charge on any atom is 0.335 e. The van der Waals surface area contributed by atoms with Crippen molar-refractivity contribution in [3.8, 4) is 0 Å². The van der Waals surface area contributed by atoms with Crippen LogP contribution in [-0.4, -0.2) is 73.5 Å². The number of likely N-dealkylation sites (tertiary alicyclic amines) is 1. The van der Waals surface area contributed by atoms with Crippen LogP contribution < -0.4 is 9.91 Å². The van der Waals surface area contributed by atoms with Crippen molar-refractivity contribution >= 4 is 29.5 Å². The number of rotatable bonds is 10. The minimum Gasteiger partial charge on any atom is -0.478 e. The summed E-state index contributed by atoms with van der Waals surface area (Å²) in [5, 5.41) is 15.7. The zero-order valence-electron chi connectivity index (χ0n) is 25.6. The first-order valence-corrected chi connectivity index (χ1v) is 14.9. The van der Waals surface area contributed by atoms with Crippen LogP contribution in [0.25, 0.3) is 0 Å². The Kier molecular flexibility index (Phi) is 9.59. The van der Waals surface area contributed by atoms with Gasteiger partial charge in [0.15, 0.2) is 17.5 Å². The van der Waals surface area contributed by atoms with Crippen molar-refractivity contribution in [2.75, 3.05) is 49.7 Å². The number of aromatic carboxylic acids is 1. The Morgan fingerprint density at radius 2 is 1.78 bits per heavy atom. The van der Waals surface area contributed by atoms with Gasteiger partial charge in [0.1, 0.15) is 0 Å². The summed E-state index contributed by atoms with van der Waals surface area (Å²) in [7, 11) is 1.63. The molecule has 1 N–H and O–H groups in total. The lowest BCUT2D eigenvalue weighted by atomic mass is 9.88. The Labute approximate surface area is 260 Å². The average Bonchev–Trinajstić information content (AvgIpc) is 3.03. The van der Waals surface area contributed by atoms with Crippen molar-refractivity contribution in [1.82, 2.24) is 4.90 Å². The van der Waals surface area contributed by atoms with E-state index in [1.807, 2.05) is 37.1 Å². The van der Waals surface area contributed by atoms with E-state index in [4.69, 9.17) is 9.84 Å². The fourth-order valence-corrected chi connectivity index (χ4v) is 6.32. The normalized spacial score (nSPS) is 18.4. The second kappa shape index (κ2) is 13.4. The van der Waals surface area contributed by atoms with E-state index in [-0.39, 0.29) is 17.0 Å².